The van der Waals surface area contributed by atoms with Crippen LogP contribution in [0.2, 0.25) is 0 Å². The summed E-state index contributed by atoms with van der Waals surface area (Å²) in [5.74, 6) is 1.60. The largest absolute Gasteiger partial charge is 0.378 e. The van der Waals surface area contributed by atoms with E-state index in [1.54, 1.807) is 13.3 Å². The maximum absolute atomic E-state index is 5.18. The van der Waals surface area contributed by atoms with Crippen LogP contribution in [0, 0.1) is 3.57 Å². The lowest BCUT2D eigenvalue weighted by atomic mass is 10.2. The Morgan fingerprint density at radius 3 is 2.84 bits per heavy atom. The molecule has 0 aromatic carbocycles. The van der Waals surface area contributed by atoms with E-state index >= 15 is 0 Å². The van der Waals surface area contributed by atoms with Gasteiger partial charge in [0.25, 0.3) is 0 Å². The van der Waals surface area contributed by atoms with Gasteiger partial charge in [0.15, 0.2) is 0 Å². The molecular weight excluding hydrogens is 355 g/mol. The smallest absolute Gasteiger partial charge is 0.143 e. The Morgan fingerprint density at radius 1 is 1.37 bits per heavy atom. The fourth-order valence-electron chi connectivity index (χ4n) is 1.71. The van der Waals surface area contributed by atoms with E-state index in [9.17, 15) is 0 Å². The summed E-state index contributed by atoms with van der Waals surface area (Å²) in [7, 11) is 3.52. The topological polar surface area (TPSA) is 59.9 Å². The Balaban J connectivity index is 2.32. The van der Waals surface area contributed by atoms with Crippen molar-refractivity contribution in [1.82, 2.24) is 15.0 Å². The predicted molar refractivity (Wildman–Crippen MR) is 82.1 cm³/mol. The molecule has 6 heteroatoms. The highest BCUT2D eigenvalue weighted by Crippen LogP contribution is 2.20. The molecule has 0 aliphatic heterocycles. The molecule has 0 saturated heterocycles. The van der Waals surface area contributed by atoms with Gasteiger partial charge in [-0.15, -0.1) is 0 Å². The van der Waals surface area contributed by atoms with Gasteiger partial charge in [0.1, 0.15) is 11.6 Å². The number of nitrogens with one attached hydrogen (secondary N) is 1. The second kappa shape index (κ2) is 6.76. The molecule has 0 radical (unpaired) electrons. The van der Waals surface area contributed by atoms with Crippen molar-refractivity contribution in [2.75, 3.05) is 19.5 Å². The highest BCUT2D eigenvalue weighted by Gasteiger charge is 2.11. The van der Waals surface area contributed by atoms with Crippen molar-refractivity contribution in [3.05, 3.63) is 45.2 Å². The third-order valence-electron chi connectivity index (χ3n) is 2.57. The van der Waals surface area contributed by atoms with E-state index in [2.05, 4.69) is 42.9 Å². The van der Waals surface area contributed by atoms with E-state index in [0.29, 0.717) is 13.0 Å². The number of aromatic nitrogens is 3. The third kappa shape index (κ3) is 3.60. The van der Waals surface area contributed by atoms with Crippen molar-refractivity contribution < 1.29 is 4.74 Å². The molecule has 0 unspecified atom stereocenters. The SMILES string of the molecule is CNc1nc(Cc2cccnc2)nc(COC)c1I. The summed E-state index contributed by atoms with van der Waals surface area (Å²) in [6.45, 7) is 0.482. The van der Waals surface area contributed by atoms with Crippen LogP contribution in [0.4, 0.5) is 5.82 Å². The normalized spacial score (nSPS) is 10.5. The van der Waals surface area contributed by atoms with Gasteiger partial charge in [-0.05, 0) is 34.2 Å². The molecule has 0 aliphatic rings. The fourth-order valence-corrected chi connectivity index (χ4v) is 2.37. The van der Waals surface area contributed by atoms with Gasteiger partial charge in [-0.25, -0.2) is 9.97 Å². The van der Waals surface area contributed by atoms with Crippen molar-refractivity contribution in [2.45, 2.75) is 13.0 Å². The average molecular weight is 370 g/mol. The van der Waals surface area contributed by atoms with E-state index in [4.69, 9.17) is 4.74 Å². The summed E-state index contributed by atoms with van der Waals surface area (Å²) in [5.41, 5.74) is 2.00. The monoisotopic (exact) mass is 370 g/mol. The molecule has 100 valence electrons. The van der Waals surface area contributed by atoms with E-state index < -0.39 is 0 Å². The number of halogens is 1. The first-order valence-corrected chi connectivity index (χ1v) is 6.93. The third-order valence-corrected chi connectivity index (χ3v) is 3.70. The lowest BCUT2D eigenvalue weighted by Gasteiger charge is -2.10. The summed E-state index contributed by atoms with van der Waals surface area (Å²) >= 11 is 2.23. The van der Waals surface area contributed by atoms with Crippen LogP contribution in [0.5, 0.6) is 0 Å². The number of hydrogen-bond acceptors (Lipinski definition) is 5. The number of anilines is 1. The molecule has 1 N–H and O–H groups in total. The minimum absolute atomic E-state index is 0.482. The van der Waals surface area contributed by atoms with Crippen LogP contribution in [0.1, 0.15) is 17.1 Å². The number of hydrogen-bond donors (Lipinski definition) is 1. The molecule has 0 saturated carbocycles. The van der Waals surface area contributed by atoms with Gasteiger partial charge < -0.3 is 10.1 Å². The summed E-state index contributed by atoms with van der Waals surface area (Å²) < 4.78 is 6.18. The number of methoxy groups -OCH3 is 1. The summed E-state index contributed by atoms with van der Waals surface area (Å²) in [5, 5.41) is 3.09. The van der Waals surface area contributed by atoms with Crippen LogP contribution >= 0.6 is 22.6 Å². The van der Waals surface area contributed by atoms with Crippen molar-refractivity contribution in [3.63, 3.8) is 0 Å². The van der Waals surface area contributed by atoms with Crippen molar-refractivity contribution >= 4 is 28.4 Å². The first-order valence-electron chi connectivity index (χ1n) is 5.85. The molecule has 2 rings (SSSR count). The lowest BCUT2D eigenvalue weighted by Crippen LogP contribution is -2.09. The highest BCUT2D eigenvalue weighted by atomic mass is 127. The molecule has 2 heterocycles. The predicted octanol–water partition coefficient (Wildman–Crippen LogP) is 2.26. The van der Waals surface area contributed by atoms with Crippen molar-refractivity contribution in [3.8, 4) is 0 Å². The van der Waals surface area contributed by atoms with Gasteiger partial charge in [-0.1, -0.05) is 6.07 Å². The van der Waals surface area contributed by atoms with Gasteiger partial charge in [-0.3, -0.25) is 4.98 Å². The fraction of sp³-hybridized carbons (Fsp3) is 0.308. The number of pyridine rings is 1. The van der Waals surface area contributed by atoms with Crippen molar-refractivity contribution in [2.24, 2.45) is 0 Å². The maximum atomic E-state index is 5.18. The second-order valence-electron chi connectivity index (χ2n) is 3.97. The van der Waals surface area contributed by atoms with Crippen LogP contribution in [0.25, 0.3) is 0 Å². The van der Waals surface area contributed by atoms with E-state index in [1.165, 1.54) is 0 Å². The maximum Gasteiger partial charge on any atom is 0.143 e. The molecule has 0 fully saturated rings. The zero-order valence-electron chi connectivity index (χ0n) is 10.9. The Kier molecular flexibility index (Phi) is 5.03. The Labute approximate surface area is 126 Å². The molecule has 0 amide bonds. The van der Waals surface area contributed by atoms with Crippen molar-refractivity contribution in [1.29, 1.82) is 0 Å². The van der Waals surface area contributed by atoms with Gasteiger partial charge in [0.2, 0.25) is 0 Å². The van der Waals surface area contributed by atoms with Gasteiger partial charge in [0, 0.05) is 33.0 Å². The molecule has 5 nitrogen and oxygen atoms in total. The molecule has 0 spiro atoms. The van der Waals surface area contributed by atoms with Crippen LogP contribution < -0.4 is 5.32 Å². The van der Waals surface area contributed by atoms with Crippen LogP contribution in [0.15, 0.2) is 24.5 Å². The van der Waals surface area contributed by atoms with E-state index in [-0.39, 0.29) is 0 Å². The molecular formula is C13H15IN4O. The number of ether oxygens (including phenoxy) is 1. The Morgan fingerprint density at radius 2 is 2.21 bits per heavy atom. The number of nitrogens with zero attached hydrogens (tertiary/aromatic N) is 3. The minimum atomic E-state index is 0.482. The van der Waals surface area contributed by atoms with Crippen LogP contribution in [-0.2, 0) is 17.8 Å². The molecule has 0 atom stereocenters. The molecule has 2 aromatic rings. The molecule has 0 bridgehead atoms. The molecule has 19 heavy (non-hydrogen) atoms. The first kappa shape index (κ1) is 14.1. The molecule has 0 aliphatic carbocycles. The number of rotatable bonds is 5. The zero-order chi connectivity index (χ0) is 13.7. The quantitative estimate of drug-likeness (QED) is 0.819. The average Bonchev–Trinajstić information content (AvgIpc) is 2.43. The van der Waals surface area contributed by atoms with Gasteiger partial charge in [0.05, 0.1) is 15.9 Å². The summed E-state index contributed by atoms with van der Waals surface area (Å²) in [4.78, 5) is 13.2. The Bertz CT molecular complexity index is 548. The van der Waals surface area contributed by atoms with E-state index in [0.717, 1.165) is 26.5 Å². The summed E-state index contributed by atoms with van der Waals surface area (Å²) in [6, 6.07) is 3.93. The summed E-state index contributed by atoms with van der Waals surface area (Å²) in [6.07, 6.45) is 4.25. The standard InChI is InChI=1S/C13H15IN4O/c1-15-13-12(14)10(8-19-2)17-11(18-13)6-9-4-3-5-16-7-9/h3-5,7H,6,8H2,1-2H3,(H,15,17,18). The Hall–Kier alpha value is -1.28. The van der Waals surface area contributed by atoms with Crippen LogP contribution in [0.3, 0.4) is 0 Å². The van der Waals surface area contributed by atoms with Gasteiger partial charge >= 0.3 is 0 Å². The minimum Gasteiger partial charge on any atom is -0.378 e. The highest BCUT2D eigenvalue weighted by molar-refractivity contribution is 14.1. The lowest BCUT2D eigenvalue weighted by molar-refractivity contribution is 0.180. The second-order valence-corrected chi connectivity index (χ2v) is 5.05. The van der Waals surface area contributed by atoms with Gasteiger partial charge in [-0.2, -0.15) is 0 Å². The zero-order valence-corrected chi connectivity index (χ0v) is 13.0. The van der Waals surface area contributed by atoms with E-state index in [1.807, 2.05) is 25.4 Å². The van der Waals surface area contributed by atoms with Crippen LogP contribution in [-0.4, -0.2) is 29.1 Å². The molecule has 2 aromatic heterocycles. The first-order chi connectivity index (χ1) is 9.24.